The fourth-order valence-corrected chi connectivity index (χ4v) is 2.59. The fraction of sp³-hybridized carbons (Fsp3) is 0.0556. The summed E-state index contributed by atoms with van der Waals surface area (Å²) in [5, 5.41) is 8.70. The monoisotopic (exact) mass is 357 g/mol. The number of hydrogen-bond acceptors (Lipinski definition) is 4. The zero-order valence-electron chi connectivity index (χ0n) is 13.7. The van der Waals surface area contributed by atoms with E-state index in [1.807, 2.05) is 0 Å². The molecule has 2 N–H and O–H groups in total. The van der Waals surface area contributed by atoms with E-state index in [0.29, 0.717) is 11.4 Å². The van der Waals surface area contributed by atoms with Crippen molar-refractivity contribution in [2.45, 2.75) is 0 Å². The van der Waals surface area contributed by atoms with E-state index in [4.69, 9.17) is 5.21 Å². The smallest absolute Gasteiger partial charge is 0.288 e. The Morgan fingerprint density at radius 2 is 1.35 bits per heavy atom. The van der Waals surface area contributed by atoms with Gasteiger partial charge in [-0.2, -0.15) is 14.5 Å². The molecule has 0 radical (unpaired) electrons. The van der Waals surface area contributed by atoms with Crippen molar-refractivity contribution in [2.75, 3.05) is 7.05 Å². The average molecular weight is 357 g/mol. The first kappa shape index (κ1) is 17.6. The fourth-order valence-electron chi connectivity index (χ4n) is 2.59. The van der Waals surface area contributed by atoms with Gasteiger partial charge in [0.2, 0.25) is 0 Å². The van der Waals surface area contributed by atoms with Crippen LogP contribution in [0.25, 0.3) is 0 Å². The molecular weight excluding hydrogens is 342 g/mol. The molecule has 2 aromatic carbocycles. The quantitative estimate of drug-likeness (QED) is 0.426. The predicted octanol–water partition coefficient (Wildman–Crippen LogP) is 3.47. The van der Waals surface area contributed by atoms with Crippen molar-refractivity contribution in [3.63, 3.8) is 0 Å². The third kappa shape index (κ3) is 3.15. The molecule has 1 amide bonds. The van der Waals surface area contributed by atoms with Gasteiger partial charge in [-0.3, -0.25) is 10.0 Å². The van der Waals surface area contributed by atoms with Crippen molar-refractivity contribution in [3.8, 4) is 0 Å². The topological polar surface area (TPSA) is 75.1 Å². The lowest BCUT2D eigenvalue weighted by Gasteiger charge is -2.30. The van der Waals surface area contributed by atoms with Crippen LogP contribution in [0.1, 0.15) is 10.4 Å². The largest absolute Gasteiger partial charge is 0.339 e. The minimum absolute atomic E-state index is 0.0704. The molecule has 0 atom stereocenters. The first-order valence-corrected chi connectivity index (χ1v) is 7.61. The number of benzene rings is 2. The Morgan fingerprint density at radius 3 is 1.73 bits per heavy atom. The molecule has 1 aromatic heterocycles. The molecule has 26 heavy (non-hydrogen) atoms. The van der Waals surface area contributed by atoms with Gasteiger partial charge >= 0.3 is 5.95 Å². The molecule has 0 saturated carbocycles. The van der Waals surface area contributed by atoms with Gasteiger partial charge in [0.15, 0.2) is 0 Å². The Balaban J connectivity index is 2.15. The van der Waals surface area contributed by atoms with Crippen molar-refractivity contribution in [1.82, 2.24) is 19.9 Å². The summed E-state index contributed by atoms with van der Waals surface area (Å²) in [5.41, 5.74) is 2.85. The van der Waals surface area contributed by atoms with Crippen molar-refractivity contribution in [2.24, 2.45) is 0 Å². The second kappa shape index (κ2) is 6.95. The Labute approximate surface area is 147 Å². The van der Waals surface area contributed by atoms with Gasteiger partial charge in [0.05, 0.1) is 12.6 Å². The van der Waals surface area contributed by atoms with Gasteiger partial charge < -0.3 is 0 Å². The number of hydrogen-bond donors (Lipinski definition) is 2. The minimum Gasteiger partial charge on any atom is -0.288 e. The molecule has 3 aromatic rings. The van der Waals surface area contributed by atoms with Gasteiger partial charge in [0.25, 0.3) is 5.91 Å². The van der Waals surface area contributed by atoms with E-state index in [9.17, 15) is 13.6 Å². The molecule has 0 aliphatic carbocycles. The molecule has 0 aliphatic heterocycles. The maximum atomic E-state index is 13.4. The lowest BCUT2D eigenvalue weighted by Crippen LogP contribution is -2.35. The highest BCUT2D eigenvalue weighted by Crippen LogP contribution is 2.39. The van der Waals surface area contributed by atoms with Crippen LogP contribution in [-0.2, 0) is 0 Å². The second-order valence-corrected chi connectivity index (χ2v) is 5.67. The number of carbonyl (C=O) groups excluding carboxylic acids is 1. The summed E-state index contributed by atoms with van der Waals surface area (Å²) in [6, 6.07) is 11.6. The second-order valence-electron chi connectivity index (χ2n) is 5.67. The molecule has 3 rings (SSSR count). The minimum atomic E-state index is -0.741. The maximum Gasteiger partial charge on any atom is 0.339 e. The Hall–Kier alpha value is -3.23. The van der Waals surface area contributed by atoms with Crippen molar-refractivity contribution >= 4 is 23.2 Å². The molecule has 0 saturated heterocycles. The summed E-state index contributed by atoms with van der Waals surface area (Å²) >= 11 is 0. The lowest BCUT2D eigenvalue weighted by molar-refractivity contribution is 0.0705. The molecule has 6 nitrogen and oxygen atoms in total. The third-order valence-corrected chi connectivity index (χ3v) is 4.09. The van der Waals surface area contributed by atoms with Crippen LogP contribution in [0.4, 0.5) is 26.1 Å². The number of aromatic nitrogens is 2. The first-order valence-electron chi connectivity index (χ1n) is 7.61. The number of nitrogens with zero attached hydrogens (tertiary/aromatic N) is 3. The first-order chi connectivity index (χ1) is 12.4. The standard InChI is InChI=1S/C18H14F2N4O2/c1-24(15-6-2-13(19)3-7-15,16-8-4-14(20)5-9-16)18-21-10-12(11-22-18)17(25)23-26/h2-11H,1H3,(H-,23,25,26)/p+1. The predicted molar refractivity (Wildman–Crippen MR) is 91.1 cm³/mol. The van der Waals surface area contributed by atoms with E-state index < -0.39 is 17.5 Å². The van der Waals surface area contributed by atoms with Gasteiger partial charge in [-0.05, 0) is 24.3 Å². The van der Waals surface area contributed by atoms with E-state index >= 15 is 0 Å². The van der Waals surface area contributed by atoms with Crippen molar-refractivity contribution in [1.29, 1.82) is 0 Å². The summed E-state index contributed by atoms with van der Waals surface area (Å²) in [5.74, 6) is -1.25. The van der Waals surface area contributed by atoms with Gasteiger partial charge in [-0.1, -0.05) is 0 Å². The molecule has 0 fully saturated rings. The highest BCUT2D eigenvalue weighted by molar-refractivity contribution is 5.92. The third-order valence-electron chi connectivity index (χ3n) is 4.09. The van der Waals surface area contributed by atoms with E-state index in [-0.39, 0.29) is 16.0 Å². The molecule has 0 bridgehead atoms. The van der Waals surface area contributed by atoms with Crippen LogP contribution in [0.15, 0.2) is 60.9 Å². The SMILES string of the molecule is C[N+](c1ccc(F)cc1)(c1ccc(F)cc1)c1ncc(C(=O)NO)cn1. The Bertz CT molecular complexity index is 868. The number of amides is 1. The van der Waals surface area contributed by atoms with Gasteiger partial charge in [-0.25, -0.2) is 14.3 Å². The summed E-state index contributed by atoms with van der Waals surface area (Å²) in [7, 11) is 1.77. The van der Waals surface area contributed by atoms with Crippen molar-refractivity contribution in [3.05, 3.63) is 78.1 Å². The van der Waals surface area contributed by atoms with Gasteiger partial charge in [0.1, 0.15) is 23.0 Å². The van der Waals surface area contributed by atoms with E-state index in [2.05, 4.69) is 9.97 Å². The van der Waals surface area contributed by atoms with E-state index in [0.717, 1.165) is 0 Å². The lowest BCUT2D eigenvalue weighted by atomic mass is 10.2. The van der Waals surface area contributed by atoms with Crippen molar-refractivity contribution < 1.29 is 18.8 Å². The molecule has 0 spiro atoms. The number of nitrogens with one attached hydrogen (secondary N) is 1. The number of halogens is 2. The van der Waals surface area contributed by atoms with Gasteiger partial charge in [0, 0.05) is 36.7 Å². The molecule has 0 aliphatic rings. The number of rotatable bonds is 4. The Morgan fingerprint density at radius 1 is 0.923 bits per heavy atom. The summed E-state index contributed by atoms with van der Waals surface area (Å²) in [4.78, 5) is 19.9. The maximum absolute atomic E-state index is 13.4. The van der Waals surface area contributed by atoms with Crippen LogP contribution < -0.4 is 9.96 Å². The number of quaternary nitrogens is 1. The van der Waals surface area contributed by atoms with Gasteiger partial charge in [-0.15, -0.1) is 0 Å². The summed E-state index contributed by atoms with van der Waals surface area (Å²) in [6.45, 7) is 0. The van der Waals surface area contributed by atoms with E-state index in [1.54, 1.807) is 31.3 Å². The summed E-state index contributed by atoms with van der Waals surface area (Å²) in [6.07, 6.45) is 2.52. The van der Waals surface area contributed by atoms with Crippen LogP contribution in [0.2, 0.25) is 0 Å². The number of carbonyl (C=O) groups is 1. The van der Waals surface area contributed by atoms with Crippen LogP contribution in [-0.4, -0.2) is 28.1 Å². The zero-order chi connectivity index (χ0) is 18.7. The highest BCUT2D eigenvalue weighted by Gasteiger charge is 2.34. The van der Waals surface area contributed by atoms with Crippen LogP contribution in [0.5, 0.6) is 0 Å². The average Bonchev–Trinajstić information content (AvgIpc) is 2.68. The summed E-state index contributed by atoms with van der Waals surface area (Å²) < 4.78 is 26.6. The molecular formula is C18H15F2N4O2+. The zero-order valence-corrected chi connectivity index (χ0v) is 13.7. The highest BCUT2D eigenvalue weighted by atomic mass is 19.1. The van der Waals surface area contributed by atoms with E-state index in [1.165, 1.54) is 42.1 Å². The molecule has 132 valence electrons. The van der Waals surface area contributed by atoms with Crippen LogP contribution in [0, 0.1) is 11.6 Å². The molecule has 1 heterocycles. The number of hydroxylamine groups is 1. The van der Waals surface area contributed by atoms with Crippen LogP contribution >= 0.6 is 0 Å². The normalized spacial score (nSPS) is 11.2. The molecule has 8 heteroatoms. The molecule has 0 unspecified atom stereocenters. The van der Waals surface area contributed by atoms with Crippen LogP contribution in [0.3, 0.4) is 0 Å². The Kier molecular flexibility index (Phi) is 4.70.